The molecule has 2 N–H and O–H groups in total. The van der Waals surface area contributed by atoms with Gasteiger partial charge in [-0.05, 0) is 12.8 Å². The van der Waals surface area contributed by atoms with Crippen LogP contribution >= 0.6 is 0 Å². The average molecular weight is 260 g/mol. The van der Waals surface area contributed by atoms with Gasteiger partial charge in [0.1, 0.15) is 0 Å². The number of sulfone groups is 1. The molecule has 0 saturated carbocycles. The van der Waals surface area contributed by atoms with Crippen LogP contribution < -0.4 is 10.6 Å². The maximum Gasteiger partial charge on any atom is 0.224 e. The van der Waals surface area contributed by atoms with E-state index in [1.165, 1.54) is 0 Å². The van der Waals surface area contributed by atoms with Gasteiger partial charge < -0.3 is 10.6 Å². The highest BCUT2D eigenvalue weighted by Crippen LogP contribution is 2.18. The molecule has 2 saturated heterocycles. The van der Waals surface area contributed by atoms with Crippen LogP contribution in [0.4, 0.5) is 0 Å². The van der Waals surface area contributed by atoms with Crippen molar-refractivity contribution in [1.29, 1.82) is 0 Å². The number of amides is 2. The van der Waals surface area contributed by atoms with Crippen molar-refractivity contribution in [3.05, 3.63) is 0 Å². The monoisotopic (exact) mass is 260 g/mol. The van der Waals surface area contributed by atoms with Crippen LogP contribution in [0.2, 0.25) is 0 Å². The van der Waals surface area contributed by atoms with Crippen molar-refractivity contribution in [1.82, 2.24) is 10.6 Å². The smallest absolute Gasteiger partial charge is 0.224 e. The minimum Gasteiger partial charge on any atom is -0.354 e. The number of nitrogens with one attached hydrogen (secondary N) is 2. The molecule has 0 bridgehead atoms. The molecule has 0 aromatic carbocycles. The zero-order valence-corrected chi connectivity index (χ0v) is 10.3. The molecular weight excluding hydrogens is 244 g/mol. The zero-order chi connectivity index (χ0) is 12.5. The van der Waals surface area contributed by atoms with Crippen LogP contribution in [-0.2, 0) is 19.4 Å². The number of hydrogen-bond acceptors (Lipinski definition) is 4. The Hall–Kier alpha value is -1.11. The van der Waals surface area contributed by atoms with Crippen LogP contribution in [0.3, 0.4) is 0 Å². The fourth-order valence-corrected chi connectivity index (χ4v) is 3.92. The fraction of sp³-hybridized carbons (Fsp3) is 0.800. The normalized spacial score (nSPS) is 31.9. The summed E-state index contributed by atoms with van der Waals surface area (Å²) in [5, 5.41) is 5.47. The van der Waals surface area contributed by atoms with Crippen LogP contribution in [0.5, 0.6) is 0 Å². The molecule has 2 unspecified atom stereocenters. The summed E-state index contributed by atoms with van der Waals surface area (Å²) in [6.07, 6.45) is 1.44. The van der Waals surface area contributed by atoms with Crippen molar-refractivity contribution in [2.45, 2.75) is 25.3 Å². The van der Waals surface area contributed by atoms with Gasteiger partial charge in [-0.2, -0.15) is 0 Å². The topological polar surface area (TPSA) is 92.3 Å². The van der Waals surface area contributed by atoms with Crippen LogP contribution in [0.15, 0.2) is 0 Å². The fourth-order valence-electron chi connectivity index (χ4n) is 2.18. The third-order valence-electron chi connectivity index (χ3n) is 3.22. The van der Waals surface area contributed by atoms with Crippen LogP contribution in [0, 0.1) is 5.92 Å². The summed E-state index contributed by atoms with van der Waals surface area (Å²) >= 11 is 0. The third kappa shape index (κ3) is 3.18. The lowest BCUT2D eigenvalue weighted by atomic mass is 10.0. The molecule has 2 rings (SSSR count). The largest absolute Gasteiger partial charge is 0.354 e. The van der Waals surface area contributed by atoms with E-state index in [1.54, 1.807) is 0 Å². The number of carbonyl (C=O) groups is 2. The first kappa shape index (κ1) is 12.3. The lowest BCUT2D eigenvalue weighted by Crippen LogP contribution is -2.49. The molecule has 2 fully saturated rings. The minimum atomic E-state index is -3.02. The first-order chi connectivity index (χ1) is 7.96. The predicted octanol–water partition coefficient (Wildman–Crippen LogP) is -1.18. The number of carbonyl (C=O) groups excluding carboxylic acids is 2. The molecule has 2 aliphatic rings. The van der Waals surface area contributed by atoms with Crippen molar-refractivity contribution < 1.29 is 18.0 Å². The molecule has 6 nitrogen and oxygen atoms in total. The molecule has 2 atom stereocenters. The second-order valence-corrected chi connectivity index (χ2v) is 6.88. The summed E-state index contributed by atoms with van der Waals surface area (Å²) in [4.78, 5) is 22.7. The number of rotatable bonds is 2. The van der Waals surface area contributed by atoms with E-state index in [0.717, 1.165) is 0 Å². The van der Waals surface area contributed by atoms with Gasteiger partial charge in [-0.15, -0.1) is 0 Å². The Morgan fingerprint density at radius 2 is 2.12 bits per heavy atom. The number of hydrogen-bond donors (Lipinski definition) is 2. The molecule has 0 aliphatic carbocycles. The highest BCUT2D eigenvalue weighted by atomic mass is 32.2. The van der Waals surface area contributed by atoms with Crippen LogP contribution in [0.1, 0.15) is 19.3 Å². The van der Waals surface area contributed by atoms with Gasteiger partial charge in [-0.25, -0.2) is 8.42 Å². The van der Waals surface area contributed by atoms with Crippen LogP contribution in [0.25, 0.3) is 0 Å². The van der Waals surface area contributed by atoms with E-state index < -0.39 is 15.8 Å². The predicted molar refractivity (Wildman–Crippen MR) is 60.9 cm³/mol. The third-order valence-corrected chi connectivity index (χ3v) is 4.98. The van der Waals surface area contributed by atoms with Gasteiger partial charge in [0.2, 0.25) is 11.8 Å². The van der Waals surface area contributed by atoms with Crippen molar-refractivity contribution in [2.75, 3.05) is 18.1 Å². The van der Waals surface area contributed by atoms with Crippen molar-refractivity contribution in [3.63, 3.8) is 0 Å². The lowest BCUT2D eigenvalue weighted by molar-refractivity contribution is -0.127. The Morgan fingerprint density at radius 1 is 1.35 bits per heavy atom. The Labute approximate surface area is 100 Å². The van der Waals surface area contributed by atoms with E-state index >= 15 is 0 Å². The molecule has 2 aliphatic heterocycles. The molecule has 2 heterocycles. The maximum absolute atomic E-state index is 11.8. The highest BCUT2D eigenvalue weighted by molar-refractivity contribution is 7.91. The molecule has 0 radical (unpaired) electrons. The second kappa shape index (κ2) is 4.64. The van der Waals surface area contributed by atoms with E-state index in [0.29, 0.717) is 25.8 Å². The first-order valence-corrected chi connectivity index (χ1v) is 7.56. The van der Waals surface area contributed by atoms with E-state index in [-0.39, 0.29) is 29.4 Å². The van der Waals surface area contributed by atoms with Crippen molar-refractivity contribution in [3.8, 4) is 0 Å². The van der Waals surface area contributed by atoms with Crippen molar-refractivity contribution in [2.24, 2.45) is 5.92 Å². The van der Waals surface area contributed by atoms with E-state index in [2.05, 4.69) is 10.6 Å². The molecule has 96 valence electrons. The zero-order valence-electron chi connectivity index (χ0n) is 9.44. The lowest BCUT2D eigenvalue weighted by Gasteiger charge is -2.24. The van der Waals surface area contributed by atoms with Gasteiger partial charge in [-0.3, -0.25) is 9.59 Å². The maximum atomic E-state index is 11.8. The summed E-state index contributed by atoms with van der Waals surface area (Å²) in [6.45, 7) is 0.435. The summed E-state index contributed by atoms with van der Waals surface area (Å²) in [6, 6.07) is -0.0662. The van der Waals surface area contributed by atoms with Crippen molar-refractivity contribution >= 4 is 21.7 Å². The van der Waals surface area contributed by atoms with E-state index in [9.17, 15) is 18.0 Å². The van der Waals surface area contributed by atoms with Gasteiger partial charge in [0.25, 0.3) is 0 Å². The Kier molecular flexibility index (Phi) is 3.37. The molecule has 7 heteroatoms. The molecule has 17 heavy (non-hydrogen) atoms. The standard InChI is InChI=1S/C10H16N2O4S/c13-9-2-1-8(5-11-9)12-10(14)7-3-4-17(15,16)6-7/h7-8H,1-6H2,(H,11,13)(H,12,14). The van der Waals surface area contributed by atoms with Crippen LogP contribution in [-0.4, -0.2) is 44.3 Å². The summed E-state index contributed by atoms with van der Waals surface area (Å²) < 4.78 is 22.5. The highest BCUT2D eigenvalue weighted by Gasteiger charge is 2.34. The first-order valence-electron chi connectivity index (χ1n) is 5.74. The quantitative estimate of drug-likeness (QED) is 0.653. The molecule has 0 aromatic rings. The average Bonchev–Trinajstić information content (AvgIpc) is 2.62. The van der Waals surface area contributed by atoms with Gasteiger partial charge in [0.05, 0.1) is 17.4 Å². The summed E-state index contributed by atoms with van der Waals surface area (Å²) in [5.41, 5.74) is 0. The van der Waals surface area contributed by atoms with E-state index in [1.807, 2.05) is 0 Å². The van der Waals surface area contributed by atoms with Gasteiger partial charge >= 0.3 is 0 Å². The Balaban J connectivity index is 1.84. The number of piperidine rings is 1. The van der Waals surface area contributed by atoms with Gasteiger partial charge in [-0.1, -0.05) is 0 Å². The minimum absolute atomic E-state index is 0.000979. The van der Waals surface area contributed by atoms with Gasteiger partial charge in [0, 0.05) is 19.0 Å². The molecule has 0 spiro atoms. The second-order valence-electron chi connectivity index (χ2n) is 4.65. The molecule has 2 amide bonds. The summed E-state index contributed by atoms with van der Waals surface area (Å²) in [7, 11) is -3.02. The summed E-state index contributed by atoms with van der Waals surface area (Å²) in [5.74, 6) is -0.562. The molecule has 0 aromatic heterocycles. The Morgan fingerprint density at radius 3 is 2.65 bits per heavy atom. The molecular formula is C10H16N2O4S. The SMILES string of the molecule is O=C1CCC(NC(=O)C2CCS(=O)(=O)C2)CN1. The Bertz CT molecular complexity index is 422. The van der Waals surface area contributed by atoms with E-state index in [4.69, 9.17) is 0 Å². The van der Waals surface area contributed by atoms with Gasteiger partial charge in [0.15, 0.2) is 9.84 Å².